The van der Waals surface area contributed by atoms with Crippen molar-refractivity contribution in [2.24, 2.45) is 0 Å². The van der Waals surface area contributed by atoms with E-state index in [9.17, 15) is 9.59 Å². The van der Waals surface area contributed by atoms with Crippen molar-refractivity contribution >= 4 is 45.3 Å². The van der Waals surface area contributed by atoms with E-state index >= 15 is 0 Å². The van der Waals surface area contributed by atoms with Crippen molar-refractivity contribution in [3.8, 4) is 0 Å². The molecule has 0 saturated carbocycles. The Balaban J connectivity index is 1.55. The third-order valence-electron chi connectivity index (χ3n) is 4.84. The van der Waals surface area contributed by atoms with Gasteiger partial charge in [0.1, 0.15) is 6.04 Å². The van der Waals surface area contributed by atoms with Gasteiger partial charge in [0.25, 0.3) is 0 Å². The molecule has 0 aliphatic carbocycles. The number of likely N-dealkylation sites (tertiary alicyclic amines) is 1. The molecule has 0 unspecified atom stereocenters. The van der Waals surface area contributed by atoms with E-state index in [0.717, 1.165) is 29.1 Å². The maximum Gasteiger partial charge on any atom is 0.328 e. The molecule has 8 heteroatoms. The van der Waals surface area contributed by atoms with Gasteiger partial charge in [-0.2, -0.15) is 11.8 Å². The molecule has 0 spiro atoms. The average molecular weight is 408 g/mol. The lowest BCUT2D eigenvalue weighted by Gasteiger charge is -2.32. The summed E-state index contributed by atoms with van der Waals surface area (Å²) in [5.74, 6) is 0.792. The van der Waals surface area contributed by atoms with Gasteiger partial charge in [0.05, 0.1) is 22.3 Å². The van der Waals surface area contributed by atoms with Crippen molar-refractivity contribution in [3.05, 3.63) is 29.3 Å². The van der Waals surface area contributed by atoms with Crippen LogP contribution < -0.4 is 5.32 Å². The first-order chi connectivity index (χ1) is 13.1. The fourth-order valence-corrected chi connectivity index (χ4v) is 4.87. The molecule has 27 heavy (non-hydrogen) atoms. The van der Waals surface area contributed by atoms with Gasteiger partial charge in [0.2, 0.25) is 0 Å². The van der Waals surface area contributed by atoms with Gasteiger partial charge >= 0.3 is 12.0 Å². The number of carbonyl (C=O) groups is 2. The lowest BCUT2D eigenvalue weighted by Crippen LogP contribution is -2.50. The molecule has 1 aromatic heterocycles. The number of urea groups is 1. The summed E-state index contributed by atoms with van der Waals surface area (Å²) in [7, 11) is 1.35. The lowest BCUT2D eigenvalue weighted by atomic mass is 9.98. The third-order valence-corrected chi connectivity index (χ3v) is 6.68. The second kappa shape index (κ2) is 9.41. The number of aromatic nitrogens is 1. The van der Waals surface area contributed by atoms with Gasteiger partial charge < -0.3 is 15.0 Å². The van der Waals surface area contributed by atoms with Crippen molar-refractivity contribution < 1.29 is 14.3 Å². The van der Waals surface area contributed by atoms with Crippen LogP contribution in [-0.2, 0) is 9.53 Å². The van der Waals surface area contributed by atoms with Crippen molar-refractivity contribution in [1.29, 1.82) is 0 Å². The number of nitrogens with one attached hydrogen (secondary N) is 1. The number of benzene rings is 1. The number of thiazole rings is 1. The number of thioether (sulfide) groups is 1. The zero-order chi connectivity index (χ0) is 19.2. The highest BCUT2D eigenvalue weighted by Crippen LogP contribution is 2.33. The standard InChI is InChI=1S/C19H25N3O3S2/c1-25-18(23)15(9-12-26-2)21-19(24)22-10-7-13(8-11-22)17-20-14-5-3-4-6-16(14)27-17/h3-6,13,15H,7-12H2,1-2H3,(H,21,24)/t15-/m1/s1. The molecule has 0 radical (unpaired) electrons. The summed E-state index contributed by atoms with van der Waals surface area (Å²) < 4.78 is 6.02. The monoisotopic (exact) mass is 407 g/mol. The summed E-state index contributed by atoms with van der Waals surface area (Å²) in [6.45, 7) is 1.34. The van der Waals surface area contributed by atoms with E-state index in [2.05, 4.69) is 11.4 Å². The van der Waals surface area contributed by atoms with Crippen LogP contribution in [0.2, 0.25) is 0 Å². The lowest BCUT2D eigenvalue weighted by molar-refractivity contribution is -0.142. The normalized spacial score (nSPS) is 16.3. The number of esters is 1. The predicted molar refractivity (Wildman–Crippen MR) is 111 cm³/mol. The van der Waals surface area contributed by atoms with E-state index < -0.39 is 6.04 Å². The Labute approximate surface area is 167 Å². The molecule has 146 valence electrons. The van der Waals surface area contributed by atoms with Gasteiger partial charge in [-0.05, 0) is 43.4 Å². The fourth-order valence-electron chi connectivity index (χ4n) is 3.26. The van der Waals surface area contributed by atoms with Crippen molar-refractivity contribution in [2.45, 2.75) is 31.2 Å². The minimum absolute atomic E-state index is 0.186. The number of piperidine rings is 1. The van der Waals surface area contributed by atoms with Crippen molar-refractivity contribution in [2.75, 3.05) is 32.2 Å². The molecule has 6 nitrogen and oxygen atoms in total. The smallest absolute Gasteiger partial charge is 0.328 e. The number of amides is 2. The molecule has 1 aliphatic rings. The maximum absolute atomic E-state index is 12.6. The number of nitrogens with zero attached hydrogens (tertiary/aromatic N) is 2. The molecule has 1 aliphatic heterocycles. The van der Waals surface area contributed by atoms with Gasteiger partial charge in [-0.3, -0.25) is 0 Å². The van der Waals surface area contributed by atoms with Crippen LogP contribution in [-0.4, -0.2) is 60.1 Å². The van der Waals surface area contributed by atoms with Gasteiger partial charge in [0, 0.05) is 19.0 Å². The molecule has 2 aromatic rings. The Morgan fingerprint density at radius 3 is 2.78 bits per heavy atom. The molecule has 1 atom stereocenters. The number of hydrogen-bond donors (Lipinski definition) is 1. The number of para-hydroxylation sites is 1. The zero-order valence-electron chi connectivity index (χ0n) is 15.6. The van der Waals surface area contributed by atoms with E-state index in [1.165, 1.54) is 11.8 Å². The number of ether oxygens (including phenoxy) is 1. The quantitative estimate of drug-likeness (QED) is 0.743. The molecule has 1 fully saturated rings. The zero-order valence-corrected chi connectivity index (χ0v) is 17.3. The van der Waals surface area contributed by atoms with E-state index in [0.29, 0.717) is 25.4 Å². The Kier molecular flexibility index (Phi) is 6.95. The van der Waals surface area contributed by atoms with Gasteiger partial charge in [-0.1, -0.05) is 12.1 Å². The van der Waals surface area contributed by atoms with Crippen LogP contribution in [0.15, 0.2) is 24.3 Å². The number of hydrogen-bond acceptors (Lipinski definition) is 6. The second-order valence-corrected chi connectivity index (χ2v) is 8.64. The van der Waals surface area contributed by atoms with Crippen LogP contribution in [0, 0.1) is 0 Å². The fraction of sp³-hybridized carbons (Fsp3) is 0.526. The highest BCUT2D eigenvalue weighted by Gasteiger charge is 2.28. The molecule has 3 rings (SSSR count). The number of fused-ring (bicyclic) bond motifs is 1. The third kappa shape index (κ3) is 4.93. The summed E-state index contributed by atoms with van der Waals surface area (Å²) in [6, 6.07) is 7.41. The predicted octanol–water partition coefficient (Wildman–Crippen LogP) is 3.48. The van der Waals surface area contributed by atoms with Gasteiger partial charge in [0.15, 0.2) is 0 Å². The Morgan fingerprint density at radius 1 is 1.37 bits per heavy atom. The Hall–Kier alpha value is -1.80. The minimum Gasteiger partial charge on any atom is -0.467 e. The highest BCUT2D eigenvalue weighted by molar-refractivity contribution is 7.98. The van der Waals surface area contributed by atoms with Crippen LogP contribution in [0.4, 0.5) is 4.79 Å². The van der Waals surface area contributed by atoms with E-state index in [1.807, 2.05) is 24.5 Å². The summed E-state index contributed by atoms with van der Waals surface area (Å²) in [6.07, 6.45) is 4.33. The average Bonchev–Trinajstić information content (AvgIpc) is 3.14. The molecule has 1 N–H and O–H groups in total. The minimum atomic E-state index is -0.586. The molecule has 2 heterocycles. The largest absolute Gasteiger partial charge is 0.467 e. The van der Waals surface area contributed by atoms with Gasteiger partial charge in [-0.15, -0.1) is 11.3 Å². The molecule has 1 aromatic carbocycles. The number of rotatable bonds is 6. The highest BCUT2D eigenvalue weighted by atomic mass is 32.2. The van der Waals surface area contributed by atoms with Crippen molar-refractivity contribution in [3.63, 3.8) is 0 Å². The van der Waals surface area contributed by atoms with Gasteiger partial charge in [-0.25, -0.2) is 14.6 Å². The van der Waals surface area contributed by atoms with Crippen LogP contribution >= 0.6 is 23.1 Å². The van der Waals surface area contributed by atoms with E-state index in [-0.39, 0.29) is 12.0 Å². The summed E-state index contributed by atoms with van der Waals surface area (Å²) in [5.41, 5.74) is 1.05. The first-order valence-electron chi connectivity index (χ1n) is 9.10. The Morgan fingerprint density at radius 2 is 2.11 bits per heavy atom. The molecule has 1 saturated heterocycles. The van der Waals surface area contributed by atoms with Crippen LogP contribution in [0.3, 0.4) is 0 Å². The molecular weight excluding hydrogens is 382 g/mol. The van der Waals surface area contributed by atoms with Crippen LogP contribution in [0.1, 0.15) is 30.2 Å². The van der Waals surface area contributed by atoms with E-state index in [4.69, 9.17) is 9.72 Å². The maximum atomic E-state index is 12.6. The van der Waals surface area contributed by atoms with Crippen LogP contribution in [0.5, 0.6) is 0 Å². The summed E-state index contributed by atoms with van der Waals surface area (Å²) >= 11 is 3.39. The molecule has 2 amide bonds. The number of carbonyl (C=O) groups excluding carboxylic acids is 2. The molecular formula is C19H25N3O3S2. The second-order valence-electron chi connectivity index (χ2n) is 6.59. The van der Waals surface area contributed by atoms with Crippen LogP contribution in [0.25, 0.3) is 10.2 Å². The summed E-state index contributed by atoms with van der Waals surface area (Å²) in [5, 5.41) is 3.99. The van der Waals surface area contributed by atoms with Crippen molar-refractivity contribution in [1.82, 2.24) is 15.2 Å². The SMILES string of the molecule is COC(=O)[C@@H](CCSC)NC(=O)N1CCC(c2nc3ccccc3s2)CC1. The number of methoxy groups -OCH3 is 1. The van der Waals surface area contributed by atoms with E-state index in [1.54, 1.807) is 28.0 Å². The Bertz CT molecular complexity index is 754. The topological polar surface area (TPSA) is 71.5 Å². The summed E-state index contributed by atoms with van der Waals surface area (Å²) in [4.78, 5) is 31.0. The first kappa shape index (κ1) is 19.9. The molecule has 0 bridgehead atoms. The first-order valence-corrected chi connectivity index (χ1v) is 11.3.